The van der Waals surface area contributed by atoms with Crippen molar-refractivity contribution in [1.29, 1.82) is 0 Å². The van der Waals surface area contributed by atoms with Gasteiger partial charge in [-0.2, -0.15) is 9.50 Å². The standard InChI is InChI=1S/C26H15ClFN5O3S/c27-15-7-5-14(6-8-15)23-30-26-33(31-23)25(36)22(37-26)21-18-3-1-2-4-19(18)32(24(21)35)13-20(34)29-17-11-9-16(28)10-12-17/h1-12H,13H2,(H,29,34)/b22-21-. The Kier molecular flexibility index (Phi) is 5.54. The van der Waals surface area contributed by atoms with E-state index in [9.17, 15) is 18.8 Å². The number of nitrogens with one attached hydrogen (secondary N) is 1. The van der Waals surface area contributed by atoms with E-state index < -0.39 is 23.2 Å². The van der Waals surface area contributed by atoms with Crippen molar-refractivity contribution in [2.24, 2.45) is 0 Å². The fraction of sp³-hybridized carbons (Fsp3) is 0.0385. The Balaban J connectivity index is 1.38. The highest BCUT2D eigenvalue weighted by molar-refractivity contribution is 7.15. The van der Waals surface area contributed by atoms with Crippen LogP contribution in [0.2, 0.25) is 5.02 Å². The minimum atomic E-state index is -0.477. The van der Waals surface area contributed by atoms with Gasteiger partial charge >= 0.3 is 0 Å². The molecule has 0 radical (unpaired) electrons. The fourth-order valence-corrected chi connectivity index (χ4v) is 5.26. The van der Waals surface area contributed by atoms with Crippen LogP contribution in [0.5, 0.6) is 0 Å². The number of aromatic nitrogens is 3. The van der Waals surface area contributed by atoms with Crippen LogP contribution < -0.4 is 20.3 Å². The molecule has 6 rings (SSSR count). The molecule has 0 unspecified atom stereocenters. The van der Waals surface area contributed by atoms with Gasteiger partial charge in [0.25, 0.3) is 11.5 Å². The maximum atomic E-state index is 13.5. The second kappa shape index (κ2) is 8.91. The van der Waals surface area contributed by atoms with E-state index in [1.807, 2.05) is 0 Å². The number of carbonyl (C=O) groups is 2. The molecule has 5 aromatic rings. The average Bonchev–Trinajstić information content (AvgIpc) is 3.52. The molecule has 2 amide bonds. The summed E-state index contributed by atoms with van der Waals surface area (Å²) in [6, 6.07) is 19.2. The molecular weight excluding hydrogens is 517 g/mol. The minimum absolute atomic E-state index is 0.191. The third-order valence-corrected chi connectivity index (χ3v) is 7.12. The van der Waals surface area contributed by atoms with Gasteiger partial charge in [0.15, 0.2) is 5.82 Å². The zero-order valence-corrected chi connectivity index (χ0v) is 20.4. The van der Waals surface area contributed by atoms with Crippen molar-refractivity contribution in [2.45, 2.75) is 0 Å². The predicted octanol–water partition coefficient (Wildman–Crippen LogP) is 3.51. The van der Waals surface area contributed by atoms with Crippen LogP contribution in [0.4, 0.5) is 15.8 Å². The molecule has 182 valence electrons. The van der Waals surface area contributed by atoms with Crippen LogP contribution >= 0.6 is 22.9 Å². The van der Waals surface area contributed by atoms with E-state index in [0.29, 0.717) is 38.3 Å². The minimum Gasteiger partial charge on any atom is -0.325 e. The lowest BCUT2D eigenvalue weighted by Crippen LogP contribution is -2.37. The summed E-state index contributed by atoms with van der Waals surface area (Å²) in [5.74, 6) is -0.996. The van der Waals surface area contributed by atoms with E-state index in [4.69, 9.17) is 11.6 Å². The third kappa shape index (κ3) is 4.05. The summed E-state index contributed by atoms with van der Waals surface area (Å²) in [5.41, 5.74) is 1.89. The maximum absolute atomic E-state index is 13.5. The number of fused-ring (bicyclic) bond motifs is 2. The summed E-state index contributed by atoms with van der Waals surface area (Å²) in [5, 5.41) is 7.56. The van der Waals surface area contributed by atoms with Crippen molar-refractivity contribution in [3.63, 3.8) is 0 Å². The summed E-state index contributed by atoms with van der Waals surface area (Å²) < 4.78 is 14.5. The highest BCUT2D eigenvalue weighted by atomic mass is 35.5. The van der Waals surface area contributed by atoms with Gasteiger partial charge in [0.1, 0.15) is 16.9 Å². The van der Waals surface area contributed by atoms with Crippen LogP contribution in [-0.4, -0.2) is 33.0 Å². The van der Waals surface area contributed by atoms with Crippen LogP contribution in [-0.2, 0) is 9.59 Å². The van der Waals surface area contributed by atoms with Crippen molar-refractivity contribution in [1.82, 2.24) is 14.6 Å². The summed E-state index contributed by atoms with van der Waals surface area (Å²) in [6.45, 7) is -0.285. The van der Waals surface area contributed by atoms with Crippen molar-refractivity contribution in [2.75, 3.05) is 16.8 Å². The Bertz CT molecular complexity index is 1820. The Morgan fingerprint density at radius 1 is 1.00 bits per heavy atom. The first kappa shape index (κ1) is 23.0. The Morgan fingerprint density at radius 2 is 1.73 bits per heavy atom. The lowest BCUT2D eigenvalue weighted by Gasteiger charge is -2.16. The predicted molar refractivity (Wildman–Crippen MR) is 139 cm³/mol. The van der Waals surface area contributed by atoms with Crippen molar-refractivity contribution in [3.05, 3.63) is 104 Å². The molecule has 0 atom stereocenters. The van der Waals surface area contributed by atoms with Gasteiger partial charge in [0.2, 0.25) is 10.9 Å². The quantitative estimate of drug-likeness (QED) is 0.383. The monoisotopic (exact) mass is 531 g/mol. The molecule has 1 N–H and O–H groups in total. The highest BCUT2D eigenvalue weighted by Gasteiger charge is 2.35. The molecule has 0 saturated heterocycles. The lowest BCUT2D eigenvalue weighted by molar-refractivity contribution is -0.118. The molecule has 37 heavy (non-hydrogen) atoms. The van der Waals surface area contributed by atoms with Crippen molar-refractivity contribution < 1.29 is 14.0 Å². The van der Waals surface area contributed by atoms with Gasteiger partial charge in [0, 0.05) is 21.8 Å². The van der Waals surface area contributed by atoms with E-state index in [0.717, 1.165) is 11.3 Å². The first-order valence-corrected chi connectivity index (χ1v) is 12.2. The number of benzene rings is 3. The molecule has 1 aliphatic heterocycles. The number of hydrogen-bond acceptors (Lipinski definition) is 6. The Hall–Kier alpha value is -4.41. The van der Waals surface area contributed by atoms with Crippen molar-refractivity contribution in [3.8, 4) is 11.4 Å². The average molecular weight is 532 g/mol. The van der Waals surface area contributed by atoms with E-state index in [1.165, 1.54) is 33.7 Å². The van der Waals surface area contributed by atoms with E-state index in [1.54, 1.807) is 48.5 Å². The van der Waals surface area contributed by atoms with Crippen LogP contribution in [0.1, 0.15) is 5.56 Å². The summed E-state index contributed by atoms with van der Waals surface area (Å²) >= 11 is 7.01. The molecule has 0 spiro atoms. The molecule has 0 fully saturated rings. The van der Waals surface area contributed by atoms with Gasteiger partial charge in [-0.15, -0.1) is 5.10 Å². The zero-order valence-electron chi connectivity index (χ0n) is 18.8. The molecule has 0 saturated carbocycles. The lowest BCUT2D eigenvalue weighted by atomic mass is 10.1. The summed E-state index contributed by atoms with van der Waals surface area (Å²) in [7, 11) is 0. The van der Waals surface area contributed by atoms with E-state index in [2.05, 4.69) is 15.4 Å². The van der Waals surface area contributed by atoms with Gasteiger partial charge in [-0.3, -0.25) is 19.3 Å². The molecule has 1 aliphatic rings. The number of halogens is 2. The van der Waals surface area contributed by atoms with Crippen molar-refractivity contribution >= 4 is 56.7 Å². The first-order valence-electron chi connectivity index (χ1n) is 11.1. The van der Waals surface area contributed by atoms with Crippen LogP contribution in [0.3, 0.4) is 0 Å². The SMILES string of the molecule is O=C(CN1C(=O)/C(=c2\sc3nc(-c4ccc(Cl)cc4)nn3c2=O)c2ccccc21)Nc1ccc(F)cc1. The van der Waals surface area contributed by atoms with Gasteiger partial charge in [-0.1, -0.05) is 41.1 Å². The Morgan fingerprint density at radius 3 is 2.46 bits per heavy atom. The second-order valence-electron chi connectivity index (χ2n) is 8.21. The molecule has 0 bridgehead atoms. The van der Waals surface area contributed by atoms with Crippen LogP contribution in [0.25, 0.3) is 21.9 Å². The summed E-state index contributed by atoms with van der Waals surface area (Å²) in [6.07, 6.45) is 0. The zero-order chi connectivity index (χ0) is 25.7. The third-order valence-electron chi connectivity index (χ3n) is 5.84. The number of rotatable bonds is 4. The van der Waals surface area contributed by atoms with Gasteiger partial charge in [-0.05, 0) is 54.6 Å². The molecule has 11 heteroatoms. The number of anilines is 2. The number of carbonyl (C=O) groups excluding carboxylic acids is 2. The molecule has 3 aromatic carbocycles. The molecule has 2 aromatic heterocycles. The number of thiazole rings is 1. The number of para-hydroxylation sites is 1. The second-order valence-corrected chi connectivity index (χ2v) is 9.63. The molecule has 8 nitrogen and oxygen atoms in total. The topological polar surface area (TPSA) is 96.7 Å². The molecular formula is C26H15ClFN5O3S. The number of nitrogens with zero attached hydrogens (tertiary/aromatic N) is 4. The smallest absolute Gasteiger partial charge is 0.291 e. The van der Waals surface area contributed by atoms with Crippen LogP contribution in [0.15, 0.2) is 77.6 Å². The normalized spacial score (nSPS) is 14.3. The van der Waals surface area contributed by atoms with Gasteiger partial charge < -0.3 is 5.32 Å². The van der Waals surface area contributed by atoms with Gasteiger partial charge in [0.05, 0.1) is 11.3 Å². The van der Waals surface area contributed by atoms with Gasteiger partial charge in [-0.25, -0.2) is 4.39 Å². The van der Waals surface area contributed by atoms with E-state index >= 15 is 0 Å². The van der Waals surface area contributed by atoms with E-state index in [-0.39, 0.29) is 16.7 Å². The highest BCUT2D eigenvalue weighted by Crippen LogP contribution is 2.35. The molecule has 3 heterocycles. The number of amides is 2. The largest absolute Gasteiger partial charge is 0.325 e. The maximum Gasteiger partial charge on any atom is 0.291 e. The summed E-state index contributed by atoms with van der Waals surface area (Å²) in [4.78, 5) is 45.7. The molecule has 0 aliphatic carbocycles. The van der Waals surface area contributed by atoms with Crippen LogP contribution in [0, 0.1) is 5.82 Å². The first-order chi connectivity index (χ1) is 17.9. The Labute approximate surface area is 217 Å². The number of hydrogen-bond donors (Lipinski definition) is 1. The fourth-order valence-electron chi connectivity index (χ4n) is 4.14.